The molecule has 6 nitrogen and oxygen atoms in total. The molecule has 1 aromatic carbocycles. The summed E-state index contributed by atoms with van der Waals surface area (Å²) >= 11 is 0. The largest absolute Gasteiger partial charge is 1.00 e. The molecule has 0 spiro atoms. The van der Waals surface area contributed by atoms with Crippen molar-refractivity contribution in [3.8, 4) is 0 Å². The second-order valence-electron chi connectivity index (χ2n) is 7.46. The minimum Gasteiger partial charge on any atom is -1.00 e. The van der Waals surface area contributed by atoms with Crippen molar-refractivity contribution >= 4 is 18.6 Å². The van der Waals surface area contributed by atoms with Crippen molar-refractivity contribution in [3.05, 3.63) is 59.7 Å². The van der Waals surface area contributed by atoms with Crippen LogP contribution in [0, 0.1) is 11.8 Å². The third-order valence-corrected chi connectivity index (χ3v) is 5.66. The average Bonchev–Trinajstić information content (AvgIpc) is 3.13. The van der Waals surface area contributed by atoms with Gasteiger partial charge in [-0.05, 0) is 37.2 Å². The molecule has 1 N–H and O–H groups in total. The maximum atomic E-state index is 11.6. The predicted molar refractivity (Wildman–Crippen MR) is 102 cm³/mol. The highest BCUT2D eigenvalue weighted by Crippen LogP contribution is 2.35. The topological polar surface area (TPSA) is 72.5 Å². The number of aliphatic imine (C=N–C) groups is 2. The number of carbonyl (C=O) groups excluding carboxylic acids is 1. The van der Waals surface area contributed by atoms with Crippen molar-refractivity contribution in [2.75, 3.05) is 6.54 Å². The summed E-state index contributed by atoms with van der Waals surface area (Å²) in [5, 5.41) is 11.6. The Bertz CT molecular complexity index is 811. The van der Waals surface area contributed by atoms with Crippen LogP contribution >= 0.6 is 0 Å². The Morgan fingerprint density at radius 3 is 2.64 bits per heavy atom. The number of carboxylic acid groups (broad SMARTS) is 1. The molecule has 148 valence electrons. The first-order valence-corrected chi connectivity index (χ1v) is 9.56. The molecular formula is C21H24ClN4O2-. The molecule has 1 unspecified atom stereocenters. The Morgan fingerprint density at radius 1 is 1.18 bits per heavy atom. The van der Waals surface area contributed by atoms with Crippen molar-refractivity contribution in [2.24, 2.45) is 21.8 Å². The van der Waals surface area contributed by atoms with Crippen LogP contribution in [0.2, 0.25) is 0 Å². The van der Waals surface area contributed by atoms with Gasteiger partial charge in [0.2, 0.25) is 0 Å². The zero-order chi connectivity index (χ0) is 18.6. The first kappa shape index (κ1) is 20.3. The highest BCUT2D eigenvalue weighted by Gasteiger charge is 2.32. The molecule has 1 amide bonds. The number of nitrogens with one attached hydrogen (secondary N) is 1. The second-order valence-corrected chi connectivity index (χ2v) is 7.46. The van der Waals surface area contributed by atoms with Gasteiger partial charge in [0, 0.05) is 19.0 Å². The van der Waals surface area contributed by atoms with E-state index >= 15 is 0 Å². The SMILES string of the molecule is O=C([O-])N(Cc1ccccc1)CC1CCC(C2=C3C=NC=C[NH+]3C=N2)CC1.[Cl-]. The van der Waals surface area contributed by atoms with Gasteiger partial charge >= 0.3 is 0 Å². The van der Waals surface area contributed by atoms with Gasteiger partial charge in [0.25, 0.3) is 0 Å². The number of carbonyl (C=O) groups is 1. The van der Waals surface area contributed by atoms with E-state index in [0.29, 0.717) is 24.9 Å². The Kier molecular flexibility index (Phi) is 6.65. The Balaban J connectivity index is 0.00000225. The molecule has 28 heavy (non-hydrogen) atoms. The zero-order valence-electron chi connectivity index (χ0n) is 15.6. The number of rotatable bonds is 5. The van der Waals surface area contributed by atoms with E-state index in [9.17, 15) is 9.90 Å². The van der Waals surface area contributed by atoms with Gasteiger partial charge in [-0.1, -0.05) is 30.3 Å². The van der Waals surface area contributed by atoms with Gasteiger partial charge in [0.15, 0.2) is 12.0 Å². The summed E-state index contributed by atoms with van der Waals surface area (Å²) in [7, 11) is 0. The minimum absolute atomic E-state index is 0. The molecule has 4 rings (SSSR count). The average molecular weight is 400 g/mol. The van der Waals surface area contributed by atoms with Crippen LogP contribution in [-0.4, -0.2) is 30.1 Å². The van der Waals surface area contributed by atoms with Crippen LogP contribution in [0.4, 0.5) is 4.79 Å². The minimum atomic E-state index is -1.09. The van der Waals surface area contributed by atoms with Gasteiger partial charge in [0.1, 0.15) is 18.0 Å². The first-order valence-electron chi connectivity index (χ1n) is 9.56. The van der Waals surface area contributed by atoms with E-state index in [-0.39, 0.29) is 12.4 Å². The number of fused-ring (bicyclic) bond motifs is 1. The Morgan fingerprint density at radius 2 is 1.93 bits per heavy atom. The van der Waals surface area contributed by atoms with Crippen molar-refractivity contribution in [1.29, 1.82) is 0 Å². The number of hydrogen-bond acceptors (Lipinski definition) is 4. The van der Waals surface area contributed by atoms with Crippen LogP contribution in [-0.2, 0) is 6.54 Å². The van der Waals surface area contributed by atoms with Crippen LogP contribution in [0.5, 0.6) is 0 Å². The molecule has 1 atom stereocenters. The molecule has 0 aromatic heterocycles. The van der Waals surface area contributed by atoms with Gasteiger partial charge in [-0.2, -0.15) is 0 Å². The normalized spacial score (nSPS) is 25.4. The maximum absolute atomic E-state index is 11.6. The van der Waals surface area contributed by atoms with Gasteiger partial charge in [-0.3, -0.25) is 4.99 Å². The summed E-state index contributed by atoms with van der Waals surface area (Å²) in [6.07, 6.45) is 10.6. The number of halogens is 1. The summed E-state index contributed by atoms with van der Waals surface area (Å²) in [6.45, 7) is 0.935. The Labute approximate surface area is 171 Å². The molecule has 7 heteroatoms. The number of hydrogen-bond donors (Lipinski definition) is 1. The van der Waals surface area contributed by atoms with E-state index in [0.717, 1.165) is 47.5 Å². The summed E-state index contributed by atoms with van der Waals surface area (Å²) in [5.41, 5.74) is 3.30. The van der Waals surface area contributed by atoms with Crippen LogP contribution < -0.4 is 22.4 Å². The van der Waals surface area contributed by atoms with E-state index in [1.165, 1.54) is 4.90 Å². The van der Waals surface area contributed by atoms with Crippen molar-refractivity contribution in [1.82, 2.24) is 4.90 Å². The molecule has 1 aromatic rings. The standard InChI is InChI=1S/C21H24N4O2.ClH/c26-21(27)25(13-16-4-2-1-3-5-16)14-17-6-8-18(9-7-17)20-19-12-22-10-11-24(19)15-23-20;/h1-5,10-12,15,17-18H,6-9,13-14H2,(H,26,27);1H/p-1. The summed E-state index contributed by atoms with van der Waals surface area (Å²) in [4.78, 5) is 23.0. The number of amides is 1. The third-order valence-electron chi connectivity index (χ3n) is 5.66. The monoisotopic (exact) mass is 399 g/mol. The van der Waals surface area contributed by atoms with E-state index in [2.05, 4.69) is 9.98 Å². The lowest BCUT2D eigenvalue weighted by Gasteiger charge is -2.34. The highest BCUT2D eigenvalue weighted by molar-refractivity contribution is 5.81. The van der Waals surface area contributed by atoms with Gasteiger partial charge < -0.3 is 27.2 Å². The summed E-state index contributed by atoms with van der Waals surface area (Å²) < 4.78 is 0. The molecule has 2 heterocycles. The molecule has 0 bridgehead atoms. The van der Waals surface area contributed by atoms with Crippen molar-refractivity contribution < 1.29 is 27.2 Å². The molecule has 1 saturated carbocycles. The van der Waals surface area contributed by atoms with E-state index in [4.69, 9.17) is 0 Å². The number of allylic oxidation sites excluding steroid dienone is 2. The van der Waals surface area contributed by atoms with Crippen molar-refractivity contribution in [2.45, 2.75) is 32.2 Å². The second kappa shape index (κ2) is 9.17. The van der Waals surface area contributed by atoms with Crippen LogP contribution in [0.15, 0.2) is 64.1 Å². The quantitative estimate of drug-likeness (QED) is 0.643. The van der Waals surface area contributed by atoms with Crippen LogP contribution in [0.1, 0.15) is 31.2 Å². The summed E-state index contributed by atoms with van der Waals surface area (Å²) in [5.74, 6) is 0.815. The fourth-order valence-electron chi connectivity index (χ4n) is 4.20. The van der Waals surface area contributed by atoms with Gasteiger partial charge in [-0.15, -0.1) is 0 Å². The molecule has 2 aliphatic heterocycles. The van der Waals surface area contributed by atoms with Crippen LogP contribution in [0.3, 0.4) is 0 Å². The lowest BCUT2D eigenvalue weighted by Crippen LogP contribution is -3.04. The molecule has 0 saturated heterocycles. The molecule has 0 radical (unpaired) electrons. The first-order chi connectivity index (χ1) is 13.2. The Hall–Kier alpha value is -2.44. The predicted octanol–water partition coefficient (Wildman–Crippen LogP) is -1.66. The van der Waals surface area contributed by atoms with E-state index in [1.807, 2.05) is 49.1 Å². The fourth-order valence-corrected chi connectivity index (χ4v) is 4.20. The molecule has 1 aliphatic carbocycles. The van der Waals surface area contributed by atoms with Gasteiger partial charge in [0.05, 0.1) is 12.4 Å². The molecule has 1 fully saturated rings. The number of benzene rings is 1. The van der Waals surface area contributed by atoms with Crippen LogP contribution in [0.25, 0.3) is 0 Å². The number of nitrogens with zero attached hydrogens (tertiary/aromatic N) is 3. The molecule has 3 aliphatic rings. The lowest BCUT2D eigenvalue weighted by atomic mass is 9.80. The lowest BCUT2D eigenvalue weighted by molar-refractivity contribution is -0.682. The van der Waals surface area contributed by atoms with Crippen molar-refractivity contribution in [3.63, 3.8) is 0 Å². The summed E-state index contributed by atoms with van der Waals surface area (Å²) in [6, 6.07) is 9.70. The van der Waals surface area contributed by atoms with Gasteiger partial charge in [-0.25, -0.2) is 9.89 Å². The maximum Gasteiger partial charge on any atom is 0.198 e. The number of quaternary nitrogens is 1. The third kappa shape index (κ3) is 4.51. The smallest absolute Gasteiger partial charge is 0.198 e. The van der Waals surface area contributed by atoms with E-state index in [1.54, 1.807) is 6.20 Å². The molecular weight excluding hydrogens is 376 g/mol. The van der Waals surface area contributed by atoms with E-state index < -0.39 is 6.09 Å². The fraction of sp³-hybridized carbons (Fsp3) is 0.381. The highest BCUT2D eigenvalue weighted by atomic mass is 35.5. The zero-order valence-corrected chi connectivity index (χ0v) is 16.4.